The van der Waals surface area contributed by atoms with Gasteiger partial charge in [-0.2, -0.15) is 0 Å². The molecular weight excluding hydrogens is 338 g/mol. The highest BCUT2D eigenvalue weighted by molar-refractivity contribution is 6.30. The summed E-state index contributed by atoms with van der Waals surface area (Å²) in [5, 5.41) is 3.81. The van der Waals surface area contributed by atoms with E-state index in [1.54, 1.807) is 17.3 Å². The third-order valence-electron chi connectivity index (χ3n) is 4.57. The van der Waals surface area contributed by atoms with E-state index in [1.807, 2.05) is 43.4 Å². The number of amides is 2. The number of nitrogens with one attached hydrogen (secondary N) is 1. The Morgan fingerprint density at radius 2 is 1.76 bits per heavy atom. The van der Waals surface area contributed by atoms with Crippen LogP contribution in [0.2, 0.25) is 5.02 Å². The van der Waals surface area contributed by atoms with Gasteiger partial charge in [0.1, 0.15) is 0 Å². The summed E-state index contributed by atoms with van der Waals surface area (Å²) in [6.45, 7) is 1.40. The average molecular weight is 360 g/mol. The zero-order valence-corrected chi connectivity index (χ0v) is 14.9. The van der Waals surface area contributed by atoms with Crippen molar-refractivity contribution in [2.45, 2.75) is 24.9 Å². The smallest absolute Gasteiger partial charge is 0.318 e. The fourth-order valence-corrected chi connectivity index (χ4v) is 3.16. The van der Waals surface area contributed by atoms with Crippen LogP contribution in [-0.4, -0.2) is 42.2 Å². The molecule has 0 bridgehead atoms. The summed E-state index contributed by atoms with van der Waals surface area (Å²) in [5.74, 6) is 0. The second-order valence-electron chi connectivity index (χ2n) is 6.17. The summed E-state index contributed by atoms with van der Waals surface area (Å²) in [6.07, 6.45) is 5.19. The van der Waals surface area contributed by atoms with Crippen molar-refractivity contribution in [3.05, 3.63) is 64.9 Å². The number of halogens is 1. The van der Waals surface area contributed by atoms with Crippen molar-refractivity contribution in [1.29, 1.82) is 0 Å². The van der Waals surface area contributed by atoms with Crippen molar-refractivity contribution in [2.75, 3.05) is 20.3 Å². The van der Waals surface area contributed by atoms with Crippen LogP contribution in [0.25, 0.3) is 0 Å². The molecule has 0 unspecified atom stereocenters. The predicted molar refractivity (Wildman–Crippen MR) is 97.7 cm³/mol. The molecule has 5 nitrogen and oxygen atoms in total. The maximum Gasteiger partial charge on any atom is 0.318 e. The quantitative estimate of drug-likeness (QED) is 0.906. The van der Waals surface area contributed by atoms with Crippen LogP contribution in [0.15, 0.2) is 48.8 Å². The molecule has 1 fully saturated rings. The Kier molecular flexibility index (Phi) is 5.89. The molecule has 1 atom stereocenters. The van der Waals surface area contributed by atoms with Gasteiger partial charge in [-0.25, -0.2) is 4.79 Å². The lowest BCUT2D eigenvalue weighted by Crippen LogP contribution is -2.47. The van der Waals surface area contributed by atoms with E-state index in [4.69, 9.17) is 16.3 Å². The molecule has 132 valence electrons. The van der Waals surface area contributed by atoms with E-state index < -0.39 is 0 Å². The molecule has 0 radical (unpaired) electrons. The highest BCUT2D eigenvalue weighted by Crippen LogP contribution is 2.24. The Morgan fingerprint density at radius 3 is 2.40 bits per heavy atom. The standard InChI is InChI=1S/C19H22ClN3O2/c1-23(17-8-12-25-13-9-17)19(24)22-18(15-6-10-21-11-7-15)14-2-4-16(20)5-3-14/h2-7,10-11,17-18H,8-9,12-13H2,1H3,(H,22,24)/t18-/m0/s1. The van der Waals surface area contributed by atoms with Crippen LogP contribution in [0.4, 0.5) is 4.79 Å². The monoisotopic (exact) mass is 359 g/mol. The Labute approximate surface area is 153 Å². The van der Waals surface area contributed by atoms with E-state index in [-0.39, 0.29) is 18.1 Å². The minimum Gasteiger partial charge on any atom is -0.381 e. The molecule has 0 aliphatic carbocycles. The summed E-state index contributed by atoms with van der Waals surface area (Å²) in [4.78, 5) is 18.6. The summed E-state index contributed by atoms with van der Waals surface area (Å²) in [7, 11) is 1.84. The minimum atomic E-state index is -0.255. The molecule has 3 rings (SSSR count). The molecule has 2 amide bonds. The maximum atomic E-state index is 12.8. The number of benzene rings is 1. The van der Waals surface area contributed by atoms with Crippen LogP contribution in [0.3, 0.4) is 0 Å². The predicted octanol–water partition coefficient (Wildman–Crippen LogP) is 3.64. The maximum absolute atomic E-state index is 12.8. The van der Waals surface area contributed by atoms with Gasteiger partial charge in [-0.15, -0.1) is 0 Å². The van der Waals surface area contributed by atoms with Gasteiger partial charge in [-0.3, -0.25) is 4.98 Å². The number of urea groups is 1. The number of aromatic nitrogens is 1. The van der Waals surface area contributed by atoms with E-state index in [2.05, 4.69) is 10.3 Å². The highest BCUT2D eigenvalue weighted by atomic mass is 35.5. The summed E-state index contributed by atoms with van der Waals surface area (Å²) >= 11 is 6.00. The first-order chi connectivity index (χ1) is 12.1. The SMILES string of the molecule is CN(C(=O)N[C@H](c1ccncc1)c1ccc(Cl)cc1)C1CCOCC1. The van der Waals surface area contributed by atoms with Gasteiger partial charge in [0, 0.05) is 43.7 Å². The molecular formula is C19H22ClN3O2. The number of carbonyl (C=O) groups excluding carboxylic acids is 1. The van der Waals surface area contributed by atoms with Crippen molar-refractivity contribution >= 4 is 17.6 Å². The largest absolute Gasteiger partial charge is 0.381 e. The molecule has 1 aromatic heterocycles. The van der Waals surface area contributed by atoms with Gasteiger partial charge in [0.2, 0.25) is 0 Å². The minimum absolute atomic E-state index is 0.0938. The van der Waals surface area contributed by atoms with Gasteiger partial charge in [-0.1, -0.05) is 23.7 Å². The number of carbonyl (C=O) groups is 1. The second-order valence-corrected chi connectivity index (χ2v) is 6.61. The van der Waals surface area contributed by atoms with Gasteiger partial charge in [-0.05, 0) is 48.2 Å². The van der Waals surface area contributed by atoms with Gasteiger partial charge in [0.25, 0.3) is 0 Å². The number of rotatable bonds is 4. The van der Waals surface area contributed by atoms with E-state index in [9.17, 15) is 4.79 Å². The lowest BCUT2D eigenvalue weighted by Gasteiger charge is -2.32. The molecule has 0 spiro atoms. The topological polar surface area (TPSA) is 54.5 Å². The van der Waals surface area contributed by atoms with Crippen LogP contribution in [0, 0.1) is 0 Å². The highest BCUT2D eigenvalue weighted by Gasteiger charge is 2.25. The van der Waals surface area contributed by atoms with Crippen molar-refractivity contribution in [3.8, 4) is 0 Å². The molecule has 2 heterocycles. The van der Waals surface area contributed by atoms with E-state index >= 15 is 0 Å². The Hall–Kier alpha value is -2.11. The molecule has 1 aliphatic rings. The van der Waals surface area contributed by atoms with Crippen LogP contribution < -0.4 is 5.32 Å². The average Bonchev–Trinajstić information content (AvgIpc) is 2.67. The normalized spacial score (nSPS) is 16.2. The lowest BCUT2D eigenvalue weighted by atomic mass is 10.00. The third-order valence-corrected chi connectivity index (χ3v) is 4.82. The van der Waals surface area contributed by atoms with Crippen molar-refractivity contribution in [1.82, 2.24) is 15.2 Å². The first kappa shape index (κ1) is 17.7. The van der Waals surface area contributed by atoms with Crippen molar-refractivity contribution in [3.63, 3.8) is 0 Å². The zero-order valence-electron chi connectivity index (χ0n) is 14.2. The number of pyridine rings is 1. The fourth-order valence-electron chi connectivity index (χ4n) is 3.03. The molecule has 1 saturated heterocycles. The molecule has 25 heavy (non-hydrogen) atoms. The van der Waals surface area contributed by atoms with Crippen molar-refractivity contribution < 1.29 is 9.53 Å². The molecule has 1 aromatic carbocycles. The van der Waals surface area contributed by atoms with Gasteiger partial charge < -0.3 is 15.0 Å². The van der Waals surface area contributed by atoms with Crippen molar-refractivity contribution in [2.24, 2.45) is 0 Å². The lowest BCUT2D eigenvalue weighted by molar-refractivity contribution is 0.0523. The molecule has 1 N–H and O–H groups in total. The first-order valence-electron chi connectivity index (χ1n) is 8.41. The van der Waals surface area contributed by atoms with E-state index in [0.717, 1.165) is 24.0 Å². The Morgan fingerprint density at radius 1 is 1.16 bits per heavy atom. The summed E-state index contributed by atoms with van der Waals surface area (Å²) in [5.41, 5.74) is 1.95. The summed E-state index contributed by atoms with van der Waals surface area (Å²) < 4.78 is 5.38. The van der Waals surface area contributed by atoms with Crippen LogP contribution in [0.1, 0.15) is 30.0 Å². The number of nitrogens with zero attached hydrogens (tertiary/aromatic N) is 2. The fraction of sp³-hybridized carbons (Fsp3) is 0.368. The molecule has 0 saturated carbocycles. The second kappa shape index (κ2) is 8.32. The van der Waals surface area contributed by atoms with Crippen LogP contribution >= 0.6 is 11.6 Å². The number of hydrogen-bond donors (Lipinski definition) is 1. The van der Waals surface area contributed by atoms with Crippen LogP contribution in [-0.2, 0) is 4.74 Å². The molecule has 1 aliphatic heterocycles. The van der Waals surface area contributed by atoms with E-state index in [0.29, 0.717) is 18.2 Å². The van der Waals surface area contributed by atoms with Crippen LogP contribution in [0.5, 0.6) is 0 Å². The zero-order chi connectivity index (χ0) is 17.6. The number of ether oxygens (including phenoxy) is 1. The molecule has 2 aromatic rings. The van der Waals surface area contributed by atoms with E-state index in [1.165, 1.54) is 0 Å². The van der Waals surface area contributed by atoms with Gasteiger partial charge in [0.05, 0.1) is 6.04 Å². The Balaban J connectivity index is 1.79. The van der Waals surface area contributed by atoms with Gasteiger partial charge in [0.15, 0.2) is 0 Å². The van der Waals surface area contributed by atoms with Gasteiger partial charge >= 0.3 is 6.03 Å². The summed E-state index contributed by atoms with van der Waals surface area (Å²) in [6, 6.07) is 11.2. The number of hydrogen-bond acceptors (Lipinski definition) is 3. The molecule has 6 heteroatoms. The first-order valence-corrected chi connectivity index (χ1v) is 8.79. The Bertz CT molecular complexity index is 688. The third kappa shape index (κ3) is 4.50.